The van der Waals surface area contributed by atoms with E-state index in [1.165, 1.54) is 12.8 Å². The van der Waals surface area contributed by atoms with E-state index >= 15 is 0 Å². The third kappa shape index (κ3) is 5.95. The molecule has 0 unspecified atom stereocenters. The summed E-state index contributed by atoms with van der Waals surface area (Å²) in [6, 6.07) is 8.57. The Labute approximate surface area is 196 Å². The third-order valence-electron chi connectivity index (χ3n) is 6.91. The second kappa shape index (κ2) is 10.7. The molecule has 178 valence electrons. The molecule has 0 radical (unpaired) electrons. The third-order valence-corrected chi connectivity index (χ3v) is 6.91. The summed E-state index contributed by atoms with van der Waals surface area (Å²) in [5.74, 6) is 2.95. The first kappa shape index (κ1) is 22.4. The molecule has 2 aromatic rings. The minimum atomic E-state index is 0.0261. The number of benzene rings is 1. The van der Waals surface area contributed by atoms with Gasteiger partial charge in [-0.3, -0.25) is 0 Å². The normalized spacial score (nSPS) is 26.2. The molecule has 5 rings (SSSR count). The number of nitrogens with zero attached hydrogens (tertiary/aromatic N) is 2. The Morgan fingerprint density at radius 1 is 0.848 bits per heavy atom. The van der Waals surface area contributed by atoms with Gasteiger partial charge in [0, 0.05) is 31.5 Å². The lowest BCUT2D eigenvalue weighted by molar-refractivity contribution is 0.0256. The van der Waals surface area contributed by atoms with Crippen molar-refractivity contribution in [1.29, 1.82) is 0 Å². The fraction of sp³-hybridized carbons (Fsp3) is 0.615. The van der Waals surface area contributed by atoms with Gasteiger partial charge >= 0.3 is 0 Å². The van der Waals surface area contributed by atoms with Gasteiger partial charge in [0.1, 0.15) is 18.0 Å². The summed E-state index contributed by atoms with van der Waals surface area (Å²) >= 11 is 0. The Kier molecular flexibility index (Phi) is 7.27. The molecule has 3 heterocycles. The van der Waals surface area contributed by atoms with E-state index in [0.717, 1.165) is 74.7 Å². The van der Waals surface area contributed by atoms with Gasteiger partial charge in [-0.2, -0.15) is 4.98 Å². The van der Waals surface area contributed by atoms with Gasteiger partial charge in [-0.25, -0.2) is 4.98 Å². The largest absolute Gasteiger partial charge is 0.490 e. The molecule has 1 aromatic heterocycles. The summed E-state index contributed by atoms with van der Waals surface area (Å²) in [5, 5.41) is 3.54. The van der Waals surface area contributed by atoms with Gasteiger partial charge in [0.25, 0.3) is 0 Å². The zero-order valence-electron chi connectivity index (χ0n) is 19.5. The highest BCUT2D eigenvalue weighted by atomic mass is 16.5. The van der Waals surface area contributed by atoms with Crippen molar-refractivity contribution in [3.05, 3.63) is 30.5 Å². The summed E-state index contributed by atoms with van der Waals surface area (Å²) in [7, 11) is 0. The van der Waals surface area contributed by atoms with E-state index in [1.807, 2.05) is 18.3 Å². The predicted molar refractivity (Wildman–Crippen MR) is 127 cm³/mol. The molecule has 2 aliphatic heterocycles. The molecule has 1 atom stereocenters. The van der Waals surface area contributed by atoms with Gasteiger partial charge in [0.05, 0.1) is 32.0 Å². The Balaban J connectivity index is 1.32. The van der Waals surface area contributed by atoms with E-state index in [4.69, 9.17) is 23.9 Å². The fourth-order valence-corrected chi connectivity index (χ4v) is 4.77. The zero-order valence-corrected chi connectivity index (χ0v) is 19.5. The molecule has 1 aromatic carbocycles. The van der Waals surface area contributed by atoms with Crippen LogP contribution in [0.15, 0.2) is 30.5 Å². The number of ether oxygens (including phenoxy) is 4. The monoisotopic (exact) mass is 453 g/mol. The quantitative estimate of drug-likeness (QED) is 0.642. The molecule has 1 N–H and O–H groups in total. The zero-order chi connectivity index (χ0) is 22.5. The maximum absolute atomic E-state index is 6.30. The highest BCUT2D eigenvalue weighted by molar-refractivity contribution is 5.69. The average molecular weight is 454 g/mol. The van der Waals surface area contributed by atoms with Crippen molar-refractivity contribution in [3.63, 3.8) is 0 Å². The summed E-state index contributed by atoms with van der Waals surface area (Å²) in [6.45, 7) is 5.20. The molecule has 2 saturated heterocycles. The van der Waals surface area contributed by atoms with Gasteiger partial charge in [-0.15, -0.1) is 0 Å². The first-order valence-corrected chi connectivity index (χ1v) is 12.5. The topological polar surface area (TPSA) is 74.7 Å². The molecule has 0 bridgehead atoms. The van der Waals surface area contributed by atoms with Crippen LogP contribution in [-0.4, -0.2) is 54.6 Å². The number of hydrogen-bond donors (Lipinski definition) is 1. The molecule has 0 spiro atoms. The number of aromatic nitrogens is 2. The summed E-state index contributed by atoms with van der Waals surface area (Å²) < 4.78 is 23.4. The average Bonchev–Trinajstić information content (AvgIpc) is 3.35. The van der Waals surface area contributed by atoms with Crippen LogP contribution in [0.4, 0.5) is 5.95 Å². The van der Waals surface area contributed by atoms with Crippen LogP contribution in [0.2, 0.25) is 0 Å². The number of hydrogen-bond acceptors (Lipinski definition) is 7. The van der Waals surface area contributed by atoms with E-state index in [0.29, 0.717) is 24.5 Å². The van der Waals surface area contributed by atoms with Crippen molar-refractivity contribution in [2.45, 2.75) is 70.1 Å². The van der Waals surface area contributed by atoms with Crippen molar-refractivity contribution in [3.8, 4) is 22.8 Å². The standard InChI is InChI=1S/C26H35N3O4/c1-18-2-6-20(7-3-18)28-26-27-16-24(25(29-26)33-23-12-15-31-17-23)19-4-8-21(9-5-19)32-22-10-13-30-14-11-22/h4-5,8-9,16,18,20,22-23H,2-3,6-7,10-15,17H2,1H3,(H,27,28,29)/t18-,20+,23-/m1/s1. The van der Waals surface area contributed by atoms with Crippen LogP contribution in [-0.2, 0) is 9.47 Å². The number of anilines is 1. The lowest BCUT2D eigenvalue weighted by Crippen LogP contribution is -2.26. The van der Waals surface area contributed by atoms with Gasteiger partial charge in [-0.05, 0) is 49.3 Å². The van der Waals surface area contributed by atoms with Crippen LogP contribution in [0.1, 0.15) is 51.9 Å². The Hall–Kier alpha value is -2.38. The van der Waals surface area contributed by atoms with Crippen LogP contribution in [0.25, 0.3) is 11.1 Å². The van der Waals surface area contributed by atoms with Crippen LogP contribution < -0.4 is 14.8 Å². The fourth-order valence-electron chi connectivity index (χ4n) is 4.77. The SMILES string of the molecule is C[C@H]1CC[C@@H](Nc2ncc(-c3ccc(OC4CCOCC4)cc3)c(O[C@@H]3CCOC3)n2)CC1. The van der Waals surface area contributed by atoms with Crippen LogP contribution in [0.5, 0.6) is 11.6 Å². The van der Waals surface area contributed by atoms with Crippen molar-refractivity contribution in [2.24, 2.45) is 5.92 Å². The van der Waals surface area contributed by atoms with E-state index in [9.17, 15) is 0 Å². The Morgan fingerprint density at radius 2 is 1.58 bits per heavy atom. The Morgan fingerprint density at radius 3 is 2.30 bits per heavy atom. The molecule has 1 aliphatic carbocycles. The number of nitrogens with one attached hydrogen (secondary N) is 1. The molecule has 0 amide bonds. The predicted octanol–water partition coefficient (Wildman–Crippen LogP) is 4.86. The summed E-state index contributed by atoms with van der Waals surface area (Å²) in [6.07, 6.45) is 9.70. The molecular formula is C26H35N3O4. The molecule has 7 nitrogen and oxygen atoms in total. The molecule has 7 heteroatoms. The maximum atomic E-state index is 6.30. The lowest BCUT2D eigenvalue weighted by atomic mass is 9.87. The molecular weight excluding hydrogens is 418 g/mol. The molecule has 3 fully saturated rings. The van der Waals surface area contributed by atoms with Gasteiger partial charge in [0.2, 0.25) is 11.8 Å². The van der Waals surface area contributed by atoms with Gasteiger partial charge in [0.15, 0.2) is 0 Å². The van der Waals surface area contributed by atoms with E-state index in [2.05, 4.69) is 29.4 Å². The van der Waals surface area contributed by atoms with E-state index in [-0.39, 0.29) is 12.2 Å². The smallest absolute Gasteiger partial charge is 0.226 e. The van der Waals surface area contributed by atoms with Gasteiger partial charge in [-0.1, -0.05) is 19.1 Å². The lowest BCUT2D eigenvalue weighted by Gasteiger charge is -2.27. The van der Waals surface area contributed by atoms with Crippen molar-refractivity contribution >= 4 is 5.95 Å². The van der Waals surface area contributed by atoms with Crippen molar-refractivity contribution in [2.75, 3.05) is 31.7 Å². The minimum absolute atomic E-state index is 0.0261. The van der Waals surface area contributed by atoms with E-state index in [1.54, 1.807) is 0 Å². The van der Waals surface area contributed by atoms with Crippen LogP contribution in [0, 0.1) is 5.92 Å². The Bertz CT molecular complexity index is 887. The minimum Gasteiger partial charge on any atom is -0.490 e. The van der Waals surface area contributed by atoms with Crippen LogP contribution >= 0.6 is 0 Å². The maximum Gasteiger partial charge on any atom is 0.226 e. The first-order chi connectivity index (χ1) is 16.2. The van der Waals surface area contributed by atoms with Crippen molar-refractivity contribution < 1.29 is 18.9 Å². The highest BCUT2D eigenvalue weighted by Gasteiger charge is 2.23. The molecule has 1 saturated carbocycles. The summed E-state index contributed by atoms with van der Waals surface area (Å²) in [4.78, 5) is 9.44. The second-order valence-corrected chi connectivity index (χ2v) is 9.57. The molecule has 3 aliphatic rings. The van der Waals surface area contributed by atoms with Crippen molar-refractivity contribution in [1.82, 2.24) is 9.97 Å². The first-order valence-electron chi connectivity index (χ1n) is 12.5. The highest BCUT2D eigenvalue weighted by Crippen LogP contribution is 2.33. The number of rotatable bonds is 7. The van der Waals surface area contributed by atoms with Crippen LogP contribution in [0.3, 0.4) is 0 Å². The second-order valence-electron chi connectivity index (χ2n) is 9.57. The summed E-state index contributed by atoms with van der Waals surface area (Å²) in [5.41, 5.74) is 1.91. The molecule has 33 heavy (non-hydrogen) atoms. The van der Waals surface area contributed by atoms with Gasteiger partial charge < -0.3 is 24.3 Å². The van der Waals surface area contributed by atoms with E-state index < -0.39 is 0 Å².